The number of carbonyl (C=O) groups is 1. The van der Waals surface area contributed by atoms with Gasteiger partial charge in [-0.25, -0.2) is 4.39 Å². The van der Waals surface area contributed by atoms with Gasteiger partial charge in [-0.05, 0) is 41.3 Å². The highest BCUT2D eigenvalue weighted by atomic mass is 32.1. The highest BCUT2D eigenvalue weighted by Crippen LogP contribution is 2.25. The maximum atomic E-state index is 12.9. The van der Waals surface area contributed by atoms with Gasteiger partial charge in [-0.3, -0.25) is 4.79 Å². The molecule has 1 N–H and O–H groups in total. The van der Waals surface area contributed by atoms with E-state index in [1.807, 2.05) is 47.8 Å². The number of rotatable bonds is 6. The molecule has 0 aliphatic rings. The number of halogens is 1. The smallest absolute Gasteiger partial charge is 0.258 e. The second-order valence-electron chi connectivity index (χ2n) is 5.17. The molecule has 1 heterocycles. The molecule has 1 amide bonds. The molecule has 3 nitrogen and oxygen atoms in total. The summed E-state index contributed by atoms with van der Waals surface area (Å²) >= 11 is 1.59. The fourth-order valence-corrected chi connectivity index (χ4v) is 3.10. The molecule has 0 fully saturated rings. The van der Waals surface area contributed by atoms with Gasteiger partial charge in [-0.1, -0.05) is 36.4 Å². The van der Waals surface area contributed by atoms with Crippen molar-refractivity contribution in [2.24, 2.45) is 0 Å². The fraction of sp³-hybridized carbons (Fsp3) is 0.105. The van der Waals surface area contributed by atoms with Crippen LogP contribution < -0.4 is 10.1 Å². The van der Waals surface area contributed by atoms with Crippen LogP contribution in [0.4, 0.5) is 4.39 Å². The van der Waals surface area contributed by atoms with E-state index in [1.54, 1.807) is 11.3 Å². The Morgan fingerprint density at radius 3 is 2.46 bits per heavy atom. The van der Waals surface area contributed by atoms with Gasteiger partial charge in [0.25, 0.3) is 5.91 Å². The predicted octanol–water partition coefficient (Wildman–Crippen LogP) is 4.17. The van der Waals surface area contributed by atoms with Gasteiger partial charge < -0.3 is 10.1 Å². The molecule has 1 aromatic heterocycles. The summed E-state index contributed by atoms with van der Waals surface area (Å²) in [5.74, 6) is -0.117. The van der Waals surface area contributed by atoms with E-state index in [4.69, 9.17) is 4.74 Å². The molecule has 2 aromatic carbocycles. The molecule has 122 valence electrons. The lowest BCUT2D eigenvalue weighted by molar-refractivity contribution is -0.123. The lowest BCUT2D eigenvalue weighted by Crippen LogP contribution is -2.32. The minimum atomic E-state index is -0.339. The molecule has 0 bridgehead atoms. The Hall–Kier alpha value is -2.66. The molecule has 24 heavy (non-hydrogen) atoms. The summed E-state index contributed by atoms with van der Waals surface area (Å²) in [4.78, 5) is 13.3. The summed E-state index contributed by atoms with van der Waals surface area (Å²) in [6.45, 7) is -0.125. The Labute approximate surface area is 143 Å². The van der Waals surface area contributed by atoms with Crippen LogP contribution in [0.2, 0.25) is 0 Å². The lowest BCUT2D eigenvalue weighted by atomic mass is 10.1. The summed E-state index contributed by atoms with van der Waals surface area (Å²) in [5.41, 5.74) is 1.01. The second kappa shape index (κ2) is 7.75. The minimum absolute atomic E-state index is 0.125. The first-order chi connectivity index (χ1) is 11.7. The third kappa shape index (κ3) is 4.20. The van der Waals surface area contributed by atoms with Gasteiger partial charge in [-0.2, -0.15) is 0 Å². The van der Waals surface area contributed by atoms with Gasteiger partial charge in [0.1, 0.15) is 11.6 Å². The number of nitrogens with one attached hydrogen (secondary N) is 1. The molecule has 0 unspecified atom stereocenters. The number of amides is 1. The summed E-state index contributed by atoms with van der Waals surface area (Å²) < 4.78 is 18.3. The van der Waals surface area contributed by atoms with Crippen molar-refractivity contribution in [1.82, 2.24) is 5.32 Å². The second-order valence-corrected chi connectivity index (χ2v) is 6.15. The third-order valence-electron chi connectivity index (χ3n) is 3.45. The number of thiophene rings is 1. The summed E-state index contributed by atoms with van der Waals surface area (Å²) in [7, 11) is 0. The Kier molecular flexibility index (Phi) is 5.23. The van der Waals surface area contributed by atoms with E-state index >= 15 is 0 Å². The minimum Gasteiger partial charge on any atom is -0.484 e. The largest absolute Gasteiger partial charge is 0.484 e. The van der Waals surface area contributed by atoms with Crippen LogP contribution in [0, 0.1) is 5.82 Å². The van der Waals surface area contributed by atoms with Crippen molar-refractivity contribution in [2.45, 2.75) is 6.04 Å². The van der Waals surface area contributed by atoms with E-state index in [0.717, 1.165) is 10.4 Å². The number of hydrogen-bond acceptors (Lipinski definition) is 3. The number of ether oxygens (including phenoxy) is 1. The van der Waals surface area contributed by atoms with Gasteiger partial charge in [0.05, 0.1) is 6.04 Å². The highest BCUT2D eigenvalue weighted by molar-refractivity contribution is 7.10. The Morgan fingerprint density at radius 2 is 1.79 bits per heavy atom. The van der Waals surface area contributed by atoms with Crippen LogP contribution in [0.1, 0.15) is 16.5 Å². The Balaban J connectivity index is 1.66. The fourth-order valence-electron chi connectivity index (χ4n) is 2.30. The van der Waals surface area contributed by atoms with Gasteiger partial charge in [-0.15, -0.1) is 11.3 Å². The highest BCUT2D eigenvalue weighted by Gasteiger charge is 2.17. The Bertz CT molecular complexity index is 773. The number of carbonyl (C=O) groups excluding carboxylic acids is 1. The van der Waals surface area contributed by atoms with E-state index < -0.39 is 0 Å². The van der Waals surface area contributed by atoms with E-state index in [0.29, 0.717) is 5.75 Å². The number of benzene rings is 2. The van der Waals surface area contributed by atoms with Crippen LogP contribution in [-0.4, -0.2) is 12.5 Å². The lowest BCUT2D eigenvalue weighted by Gasteiger charge is -2.18. The number of hydrogen-bond donors (Lipinski definition) is 1. The van der Waals surface area contributed by atoms with E-state index in [-0.39, 0.29) is 24.4 Å². The average Bonchev–Trinajstić information content (AvgIpc) is 3.14. The molecule has 0 spiro atoms. The van der Waals surface area contributed by atoms with Gasteiger partial charge in [0.15, 0.2) is 6.61 Å². The zero-order chi connectivity index (χ0) is 16.8. The van der Waals surface area contributed by atoms with Crippen LogP contribution in [0.15, 0.2) is 72.1 Å². The average molecular weight is 341 g/mol. The molecule has 1 atom stereocenters. The first kappa shape index (κ1) is 16.2. The van der Waals surface area contributed by atoms with Crippen molar-refractivity contribution in [3.8, 4) is 5.75 Å². The molecule has 3 aromatic rings. The summed E-state index contributed by atoms with van der Waals surface area (Å²) in [6.07, 6.45) is 0. The molecule has 0 radical (unpaired) electrons. The topological polar surface area (TPSA) is 38.3 Å². The first-order valence-electron chi connectivity index (χ1n) is 7.48. The van der Waals surface area contributed by atoms with E-state index in [1.165, 1.54) is 24.3 Å². The first-order valence-corrected chi connectivity index (χ1v) is 8.36. The van der Waals surface area contributed by atoms with Crippen LogP contribution in [-0.2, 0) is 4.79 Å². The SMILES string of the molecule is O=C(COc1ccc(F)cc1)N[C@@H](c1ccccc1)c1cccs1. The molecule has 0 aliphatic carbocycles. The standard InChI is InChI=1S/C19H16FNO2S/c20-15-8-10-16(11-9-15)23-13-18(22)21-19(17-7-4-12-24-17)14-5-2-1-3-6-14/h1-12,19H,13H2,(H,21,22)/t19-/m0/s1. The van der Waals surface area contributed by atoms with Crippen LogP contribution in [0.3, 0.4) is 0 Å². The van der Waals surface area contributed by atoms with Gasteiger partial charge in [0, 0.05) is 4.88 Å². The molecule has 0 saturated heterocycles. The molecular weight excluding hydrogens is 325 g/mol. The maximum Gasteiger partial charge on any atom is 0.258 e. The quantitative estimate of drug-likeness (QED) is 0.731. The van der Waals surface area contributed by atoms with Crippen molar-refractivity contribution < 1.29 is 13.9 Å². The van der Waals surface area contributed by atoms with Crippen LogP contribution in [0.25, 0.3) is 0 Å². The zero-order valence-electron chi connectivity index (χ0n) is 12.8. The normalized spacial score (nSPS) is 11.7. The van der Waals surface area contributed by atoms with Crippen molar-refractivity contribution in [3.05, 3.63) is 88.4 Å². The molecular formula is C19H16FNO2S. The molecule has 3 rings (SSSR count). The van der Waals surface area contributed by atoms with Crippen molar-refractivity contribution in [2.75, 3.05) is 6.61 Å². The monoisotopic (exact) mass is 341 g/mol. The molecule has 0 aliphatic heterocycles. The molecule has 5 heteroatoms. The predicted molar refractivity (Wildman–Crippen MR) is 92.6 cm³/mol. The van der Waals surface area contributed by atoms with Crippen molar-refractivity contribution >= 4 is 17.2 Å². The summed E-state index contributed by atoms with van der Waals surface area (Å²) in [5, 5.41) is 4.97. The molecule has 0 saturated carbocycles. The zero-order valence-corrected chi connectivity index (χ0v) is 13.6. The van der Waals surface area contributed by atoms with E-state index in [9.17, 15) is 9.18 Å². The van der Waals surface area contributed by atoms with Crippen molar-refractivity contribution in [1.29, 1.82) is 0 Å². The van der Waals surface area contributed by atoms with E-state index in [2.05, 4.69) is 5.32 Å². The van der Waals surface area contributed by atoms with Crippen molar-refractivity contribution in [3.63, 3.8) is 0 Å². The summed E-state index contributed by atoms with van der Waals surface area (Å²) in [6, 6.07) is 19.1. The maximum absolute atomic E-state index is 12.9. The van der Waals surface area contributed by atoms with Crippen LogP contribution >= 0.6 is 11.3 Å². The van der Waals surface area contributed by atoms with Crippen LogP contribution in [0.5, 0.6) is 5.75 Å². The van der Waals surface area contributed by atoms with Gasteiger partial charge in [0.2, 0.25) is 0 Å². The Morgan fingerprint density at radius 1 is 1.04 bits per heavy atom. The van der Waals surface area contributed by atoms with Gasteiger partial charge >= 0.3 is 0 Å². The third-order valence-corrected chi connectivity index (χ3v) is 4.39.